The van der Waals surface area contributed by atoms with Crippen molar-refractivity contribution < 1.29 is 17.6 Å². The third-order valence-electron chi connectivity index (χ3n) is 2.64. The SMILES string of the molecule is O=C(CNS(=O)(=O)c1ccccc1)c1ccc(F)cc1. The Labute approximate surface area is 116 Å². The molecule has 0 aliphatic carbocycles. The molecule has 0 aliphatic rings. The van der Waals surface area contributed by atoms with Gasteiger partial charge in [0, 0.05) is 5.56 Å². The second-order valence-electron chi connectivity index (χ2n) is 4.07. The highest BCUT2D eigenvalue weighted by molar-refractivity contribution is 7.89. The molecule has 0 aliphatic heterocycles. The average Bonchev–Trinajstić information content (AvgIpc) is 2.46. The number of halogens is 1. The van der Waals surface area contributed by atoms with E-state index in [0.717, 1.165) is 12.1 Å². The molecule has 0 spiro atoms. The summed E-state index contributed by atoms with van der Waals surface area (Å²) in [5.41, 5.74) is 0.252. The summed E-state index contributed by atoms with van der Waals surface area (Å²) in [6, 6.07) is 12.7. The molecular weight excluding hydrogens is 281 g/mol. The fourth-order valence-electron chi connectivity index (χ4n) is 1.58. The first-order valence-corrected chi connectivity index (χ1v) is 7.31. The predicted octanol–water partition coefficient (Wildman–Crippen LogP) is 1.99. The molecule has 0 radical (unpaired) electrons. The molecular formula is C14H12FNO3S. The van der Waals surface area contributed by atoms with Crippen LogP contribution >= 0.6 is 0 Å². The Kier molecular flexibility index (Phi) is 4.26. The Morgan fingerprint density at radius 3 is 2.20 bits per heavy atom. The third-order valence-corrected chi connectivity index (χ3v) is 4.06. The molecule has 2 rings (SSSR count). The van der Waals surface area contributed by atoms with Gasteiger partial charge in [-0.1, -0.05) is 18.2 Å². The summed E-state index contributed by atoms with van der Waals surface area (Å²) >= 11 is 0. The number of rotatable bonds is 5. The van der Waals surface area contributed by atoms with Crippen LogP contribution in [0.15, 0.2) is 59.5 Å². The summed E-state index contributed by atoms with van der Waals surface area (Å²) in [6.07, 6.45) is 0. The summed E-state index contributed by atoms with van der Waals surface area (Å²) in [6.45, 7) is -0.372. The zero-order chi connectivity index (χ0) is 14.6. The van der Waals surface area contributed by atoms with Gasteiger partial charge in [-0.2, -0.15) is 0 Å². The van der Waals surface area contributed by atoms with Crippen molar-refractivity contribution in [3.05, 3.63) is 66.0 Å². The van der Waals surface area contributed by atoms with E-state index >= 15 is 0 Å². The van der Waals surface area contributed by atoms with Crippen molar-refractivity contribution >= 4 is 15.8 Å². The van der Waals surface area contributed by atoms with Crippen LogP contribution in [0.1, 0.15) is 10.4 Å². The Hall–Kier alpha value is -2.05. The van der Waals surface area contributed by atoms with Crippen LogP contribution in [0.25, 0.3) is 0 Å². The van der Waals surface area contributed by atoms with Gasteiger partial charge in [-0.05, 0) is 36.4 Å². The molecule has 6 heteroatoms. The minimum absolute atomic E-state index is 0.0897. The van der Waals surface area contributed by atoms with E-state index in [0.29, 0.717) is 0 Å². The molecule has 1 N–H and O–H groups in total. The molecule has 0 bridgehead atoms. The maximum Gasteiger partial charge on any atom is 0.240 e. The summed E-state index contributed by atoms with van der Waals surface area (Å²) < 4.78 is 38.7. The minimum Gasteiger partial charge on any atom is -0.293 e. The van der Waals surface area contributed by atoms with Crippen LogP contribution in [0.5, 0.6) is 0 Å². The molecule has 0 heterocycles. The molecule has 0 saturated heterocycles. The molecule has 0 amide bonds. The highest BCUT2D eigenvalue weighted by atomic mass is 32.2. The van der Waals surface area contributed by atoms with Crippen LogP contribution in [0.4, 0.5) is 4.39 Å². The van der Waals surface area contributed by atoms with E-state index in [9.17, 15) is 17.6 Å². The number of hydrogen-bond acceptors (Lipinski definition) is 3. The van der Waals surface area contributed by atoms with Gasteiger partial charge < -0.3 is 0 Å². The lowest BCUT2D eigenvalue weighted by atomic mass is 10.1. The minimum atomic E-state index is -3.72. The number of benzene rings is 2. The topological polar surface area (TPSA) is 63.2 Å². The number of carbonyl (C=O) groups excluding carboxylic acids is 1. The second-order valence-corrected chi connectivity index (χ2v) is 5.83. The number of Topliss-reactive ketones (excluding diaryl/α,β-unsaturated/α-hetero) is 1. The van der Waals surface area contributed by atoms with E-state index in [4.69, 9.17) is 0 Å². The van der Waals surface area contributed by atoms with Gasteiger partial charge in [0.2, 0.25) is 10.0 Å². The molecule has 0 fully saturated rings. The van der Waals surface area contributed by atoms with E-state index in [-0.39, 0.29) is 17.0 Å². The summed E-state index contributed by atoms with van der Waals surface area (Å²) in [5.74, 6) is -0.879. The largest absolute Gasteiger partial charge is 0.293 e. The molecule has 104 valence electrons. The highest BCUT2D eigenvalue weighted by Crippen LogP contribution is 2.08. The maximum absolute atomic E-state index is 12.7. The summed E-state index contributed by atoms with van der Waals surface area (Å²) in [5, 5.41) is 0. The van der Waals surface area contributed by atoms with Crippen LogP contribution in [0.3, 0.4) is 0 Å². The summed E-state index contributed by atoms with van der Waals surface area (Å²) in [7, 11) is -3.72. The Balaban J connectivity index is 2.05. The molecule has 2 aromatic rings. The average molecular weight is 293 g/mol. The van der Waals surface area contributed by atoms with Crippen molar-refractivity contribution in [3.8, 4) is 0 Å². The quantitative estimate of drug-likeness (QED) is 0.857. The zero-order valence-electron chi connectivity index (χ0n) is 10.4. The van der Waals surface area contributed by atoms with Crippen LogP contribution in [0.2, 0.25) is 0 Å². The van der Waals surface area contributed by atoms with Gasteiger partial charge in [-0.25, -0.2) is 17.5 Å². The van der Waals surface area contributed by atoms with Crippen molar-refractivity contribution in [3.63, 3.8) is 0 Å². The van der Waals surface area contributed by atoms with Crippen LogP contribution < -0.4 is 4.72 Å². The molecule has 0 atom stereocenters. The van der Waals surface area contributed by atoms with Crippen molar-refractivity contribution in [2.45, 2.75) is 4.90 Å². The van der Waals surface area contributed by atoms with Gasteiger partial charge in [-0.3, -0.25) is 4.79 Å². The lowest BCUT2D eigenvalue weighted by Crippen LogP contribution is -2.29. The van der Waals surface area contributed by atoms with E-state index in [1.807, 2.05) is 0 Å². The Morgan fingerprint density at radius 2 is 1.60 bits per heavy atom. The van der Waals surface area contributed by atoms with E-state index < -0.39 is 21.6 Å². The number of nitrogens with one attached hydrogen (secondary N) is 1. The fourth-order valence-corrected chi connectivity index (χ4v) is 2.58. The normalized spacial score (nSPS) is 11.2. The van der Waals surface area contributed by atoms with E-state index in [1.54, 1.807) is 18.2 Å². The molecule has 4 nitrogen and oxygen atoms in total. The van der Waals surface area contributed by atoms with Gasteiger partial charge in [0.05, 0.1) is 11.4 Å². The number of carbonyl (C=O) groups is 1. The van der Waals surface area contributed by atoms with Crippen LogP contribution in [-0.2, 0) is 10.0 Å². The van der Waals surface area contributed by atoms with Gasteiger partial charge in [0.25, 0.3) is 0 Å². The highest BCUT2D eigenvalue weighted by Gasteiger charge is 2.15. The van der Waals surface area contributed by atoms with E-state index in [2.05, 4.69) is 4.72 Å². The first kappa shape index (κ1) is 14.4. The number of ketones is 1. The predicted molar refractivity (Wildman–Crippen MR) is 72.4 cm³/mol. The standard InChI is InChI=1S/C14H12FNO3S/c15-12-8-6-11(7-9-12)14(17)10-16-20(18,19)13-4-2-1-3-5-13/h1-9,16H,10H2. The van der Waals surface area contributed by atoms with Gasteiger partial charge in [0.15, 0.2) is 5.78 Å². The van der Waals surface area contributed by atoms with Gasteiger partial charge in [-0.15, -0.1) is 0 Å². The number of hydrogen-bond donors (Lipinski definition) is 1. The zero-order valence-corrected chi connectivity index (χ0v) is 11.2. The van der Waals surface area contributed by atoms with Crippen LogP contribution in [-0.4, -0.2) is 20.7 Å². The molecule has 0 aromatic heterocycles. The lowest BCUT2D eigenvalue weighted by Gasteiger charge is -2.06. The van der Waals surface area contributed by atoms with Crippen molar-refractivity contribution in [1.29, 1.82) is 0 Å². The first-order chi connectivity index (χ1) is 9.49. The molecule has 0 saturated carbocycles. The maximum atomic E-state index is 12.7. The smallest absolute Gasteiger partial charge is 0.240 e. The number of sulfonamides is 1. The molecule has 20 heavy (non-hydrogen) atoms. The van der Waals surface area contributed by atoms with Crippen LogP contribution in [0, 0.1) is 5.82 Å². The third kappa shape index (κ3) is 3.49. The molecule has 2 aromatic carbocycles. The second kappa shape index (κ2) is 5.94. The van der Waals surface area contributed by atoms with E-state index in [1.165, 1.54) is 24.3 Å². The summed E-state index contributed by atoms with van der Waals surface area (Å²) in [4.78, 5) is 11.9. The Morgan fingerprint density at radius 1 is 1.00 bits per heavy atom. The van der Waals surface area contributed by atoms with Gasteiger partial charge >= 0.3 is 0 Å². The Bertz CT molecular complexity index is 697. The van der Waals surface area contributed by atoms with Crippen molar-refractivity contribution in [1.82, 2.24) is 4.72 Å². The van der Waals surface area contributed by atoms with Gasteiger partial charge in [0.1, 0.15) is 5.82 Å². The van der Waals surface area contributed by atoms with Crippen molar-refractivity contribution in [2.75, 3.05) is 6.54 Å². The first-order valence-electron chi connectivity index (χ1n) is 5.82. The lowest BCUT2D eigenvalue weighted by molar-refractivity contribution is 0.0997. The monoisotopic (exact) mass is 293 g/mol. The molecule has 0 unspecified atom stereocenters. The van der Waals surface area contributed by atoms with Crippen molar-refractivity contribution in [2.24, 2.45) is 0 Å². The fraction of sp³-hybridized carbons (Fsp3) is 0.0714.